The van der Waals surface area contributed by atoms with Gasteiger partial charge in [-0.3, -0.25) is 9.69 Å². The molecule has 5 nitrogen and oxygen atoms in total. The maximum absolute atomic E-state index is 11.1. The molecule has 0 bridgehead atoms. The van der Waals surface area contributed by atoms with Crippen molar-refractivity contribution in [2.75, 3.05) is 39.4 Å². The molecule has 16 heavy (non-hydrogen) atoms. The normalized spacial score (nSPS) is 19.9. The Hall–Kier alpha value is -0.650. The van der Waals surface area contributed by atoms with Crippen LogP contribution in [-0.4, -0.2) is 56.2 Å². The van der Waals surface area contributed by atoms with Gasteiger partial charge in [0, 0.05) is 26.2 Å². The van der Waals surface area contributed by atoms with E-state index in [1.54, 1.807) is 0 Å². The molecular formula is C11H23N3O2. The van der Waals surface area contributed by atoms with E-state index in [2.05, 4.69) is 10.2 Å². The Morgan fingerprint density at radius 1 is 1.44 bits per heavy atom. The highest BCUT2D eigenvalue weighted by Crippen LogP contribution is 2.01. The molecule has 5 heteroatoms. The van der Waals surface area contributed by atoms with Gasteiger partial charge in [-0.1, -0.05) is 13.8 Å². The summed E-state index contributed by atoms with van der Waals surface area (Å²) >= 11 is 0. The van der Waals surface area contributed by atoms with Gasteiger partial charge in [-0.15, -0.1) is 0 Å². The van der Waals surface area contributed by atoms with Crippen LogP contribution in [0.5, 0.6) is 0 Å². The van der Waals surface area contributed by atoms with Crippen LogP contribution >= 0.6 is 0 Å². The molecule has 0 spiro atoms. The number of carbonyl (C=O) groups excluding carboxylic acids is 1. The smallest absolute Gasteiger partial charge is 0.234 e. The van der Waals surface area contributed by atoms with Crippen molar-refractivity contribution in [3.05, 3.63) is 0 Å². The van der Waals surface area contributed by atoms with E-state index in [9.17, 15) is 4.79 Å². The highest BCUT2D eigenvalue weighted by molar-refractivity contribution is 5.80. The Morgan fingerprint density at radius 3 is 2.56 bits per heavy atom. The summed E-state index contributed by atoms with van der Waals surface area (Å²) in [6.07, 6.45) is 0. The third-order valence-corrected chi connectivity index (χ3v) is 2.87. The molecule has 1 saturated heterocycles. The van der Waals surface area contributed by atoms with Crippen molar-refractivity contribution in [3.8, 4) is 0 Å². The monoisotopic (exact) mass is 229 g/mol. The number of hydrogen-bond donors (Lipinski definition) is 2. The minimum atomic E-state index is -0.267. The van der Waals surface area contributed by atoms with Crippen LogP contribution in [0.1, 0.15) is 13.8 Å². The van der Waals surface area contributed by atoms with E-state index in [-0.39, 0.29) is 17.9 Å². The summed E-state index contributed by atoms with van der Waals surface area (Å²) in [6.45, 7) is 9.31. The molecule has 1 fully saturated rings. The molecule has 1 aliphatic rings. The van der Waals surface area contributed by atoms with E-state index in [0.29, 0.717) is 0 Å². The molecule has 94 valence electrons. The highest BCUT2D eigenvalue weighted by atomic mass is 16.5. The van der Waals surface area contributed by atoms with Crippen molar-refractivity contribution in [1.82, 2.24) is 10.2 Å². The molecule has 3 N–H and O–H groups in total. The second kappa shape index (κ2) is 6.83. The number of morpholine rings is 1. The first-order chi connectivity index (χ1) is 7.61. The van der Waals surface area contributed by atoms with E-state index in [1.807, 2.05) is 13.8 Å². The Balaban J connectivity index is 2.19. The fourth-order valence-corrected chi connectivity index (χ4v) is 1.87. The lowest BCUT2D eigenvalue weighted by molar-refractivity contribution is -0.121. The average Bonchev–Trinajstić information content (AvgIpc) is 2.24. The molecule has 1 rings (SSSR count). The zero-order valence-corrected chi connectivity index (χ0v) is 10.2. The first-order valence-corrected chi connectivity index (χ1v) is 5.94. The number of primary amides is 1. The predicted molar refractivity (Wildman–Crippen MR) is 63.1 cm³/mol. The largest absolute Gasteiger partial charge is 0.379 e. The second-order valence-electron chi connectivity index (χ2n) is 4.53. The molecular weight excluding hydrogens is 206 g/mol. The molecule has 0 aromatic rings. The van der Waals surface area contributed by atoms with Crippen molar-refractivity contribution in [2.24, 2.45) is 11.7 Å². The summed E-state index contributed by atoms with van der Waals surface area (Å²) in [5, 5.41) is 3.21. The van der Waals surface area contributed by atoms with E-state index >= 15 is 0 Å². The van der Waals surface area contributed by atoms with Crippen molar-refractivity contribution in [2.45, 2.75) is 19.9 Å². The number of amides is 1. The lowest BCUT2D eigenvalue weighted by atomic mass is 10.0. The third kappa shape index (κ3) is 4.47. The molecule has 0 aromatic heterocycles. The van der Waals surface area contributed by atoms with Gasteiger partial charge in [0.15, 0.2) is 0 Å². The van der Waals surface area contributed by atoms with Crippen LogP contribution in [-0.2, 0) is 9.53 Å². The van der Waals surface area contributed by atoms with Crippen LogP contribution in [0.4, 0.5) is 0 Å². The van der Waals surface area contributed by atoms with Crippen LogP contribution in [0.2, 0.25) is 0 Å². The van der Waals surface area contributed by atoms with Crippen molar-refractivity contribution >= 4 is 5.91 Å². The highest BCUT2D eigenvalue weighted by Gasteiger charge is 2.18. The molecule has 0 aliphatic carbocycles. The van der Waals surface area contributed by atoms with Crippen LogP contribution in [0.25, 0.3) is 0 Å². The van der Waals surface area contributed by atoms with E-state index in [0.717, 1.165) is 39.4 Å². The summed E-state index contributed by atoms with van der Waals surface area (Å²) < 4.78 is 5.27. The number of ether oxygens (including phenoxy) is 1. The molecule has 0 radical (unpaired) electrons. The van der Waals surface area contributed by atoms with Crippen LogP contribution in [0.3, 0.4) is 0 Å². The number of carbonyl (C=O) groups is 1. The van der Waals surface area contributed by atoms with Crippen molar-refractivity contribution in [3.63, 3.8) is 0 Å². The SMILES string of the molecule is CC(C)C(NCCN1CCOCC1)C(N)=O. The van der Waals surface area contributed by atoms with E-state index in [1.165, 1.54) is 0 Å². The van der Waals surface area contributed by atoms with Gasteiger partial charge in [-0.05, 0) is 5.92 Å². The fourth-order valence-electron chi connectivity index (χ4n) is 1.87. The van der Waals surface area contributed by atoms with Gasteiger partial charge < -0.3 is 15.8 Å². The van der Waals surface area contributed by atoms with Crippen molar-refractivity contribution < 1.29 is 9.53 Å². The second-order valence-corrected chi connectivity index (χ2v) is 4.53. The standard InChI is InChI=1S/C11H23N3O2/c1-9(2)10(11(12)15)13-3-4-14-5-7-16-8-6-14/h9-10,13H,3-8H2,1-2H3,(H2,12,15). The van der Waals surface area contributed by atoms with Crippen LogP contribution in [0, 0.1) is 5.92 Å². The molecule has 1 aliphatic heterocycles. The van der Waals surface area contributed by atoms with Gasteiger partial charge in [0.2, 0.25) is 5.91 Å². The zero-order chi connectivity index (χ0) is 12.0. The summed E-state index contributed by atoms with van der Waals surface area (Å²) in [5.74, 6) is -0.0285. The molecule has 1 amide bonds. The third-order valence-electron chi connectivity index (χ3n) is 2.87. The molecule has 1 atom stereocenters. The van der Waals surface area contributed by atoms with Gasteiger partial charge >= 0.3 is 0 Å². The van der Waals surface area contributed by atoms with Crippen LogP contribution < -0.4 is 11.1 Å². The first-order valence-electron chi connectivity index (χ1n) is 5.94. The molecule has 0 saturated carbocycles. The Morgan fingerprint density at radius 2 is 2.06 bits per heavy atom. The number of nitrogens with zero attached hydrogens (tertiary/aromatic N) is 1. The number of nitrogens with two attached hydrogens (primary N) is 1. The van der Waals surface area contributed by atoms with Gasteiger partial charge in [0.1, 0.15) is 0 Å². The van der Waals surface area contributed by atoms with Gasteiger partial charge in [0.05, 0.1) is 19.3 Å². The summed E-state index contributed by atoms with van der Waals surface area (Å²) in [7, 11) is 0. The average molecular weight is 229 g/mol. The molecule has 1 unspecified atom stereocenters. The predicted octanol–water partition coefficient (Wildman–Crippen LogP) is -0.582. The lowest BCUT2D eigenvalue weighted by Crippen LogP contribution is -2.48. The van der Waals surface area contributed by atoms with E-state index in [4.69, 9.17) is 10.5 Å². The Bertz CT molecular complexity index is 215. The first kappa shape index (κ1) is 13.4. The van der Waals surface area contributed by atoms with Gasteiger partial charge in [0.25, 0.3) is 0 Å². The Kier molecular flexibility index (Phi) is 5.73. The topological polar surface area (TPSA) is 67.6 Å². The maximum Gasteiger partial charge on any atom is 0.234 e. The number of hydrogen-bond acceptors (Lipinski definition) is 4. The molecule has 0 aromatic carbocycles. The zero-order valence-electron chi connectivity index (χ0n) is 10.2. The lowest BCUT2D eigenvalue weighted by Gasteiger charge is -2.27. The summed E-state index contributed by atoms with van der Waals surface area (Å²) in [6, 6.07) is -0.221. The van der Waals surface area contributed by atoms with Crippen LogP contribution in [0.15, 0.2) is 0 Å². The summed E-state index contributed by atoms with van der Waals surface area (Å²) in [4.78, 5) is 13.5. The number of rotatable bonds is 6. The maximum atomic E-state index is 11.1. The Labute approximate surface area is 97.3 Å². The molecule has 1 heterocycles. The minimum Gasteiger partial charge on any atom is -0.379 e. The number of nitrogens with one attached hydrogen (secondary N) is 1. The van der Waals surface area contributed by atoms with Crippen molar-refractivity contribution in [1.29, 1.82) is 0 Å². The quantitative estimate of drug-likeness (QED) is 0.639. The minimum absolute atomic E-state index is 0.221. The van der Waals surface area contributed by atoms with E-state index < -0.39 is 0 Å². The van der Waals surface area contributed by atoms with Gasteiger partial charge in [-0.25, -0.2) is 0 Å². The summed E-state index contributed by atoms with van der Waals surface area (Å²) in [5.41, 5.74) is 5.32. The fraction of sp³-hybridized carbons (Fsp3) is 0.909. The van der Waals surface area contributed by atoms with Gasteiger partial charge in [-0.2, -0.15) is 0 Å².